The number of nitrogens with zero attached hydrogens (tertiary/aromatic N) is 3. The quantitative estimate of drug-likeness (QED) is 0.778. The van der Waals surface area contributed by atoms with Crippen molar-refractivity contribution in [2.45, 2.75) is 44.6 Å². The zero-order valence-corrected chi connectivity index (χ0v) is 17.5. The molecule has 1 unspecified atom stereocenters. The van der Waals surface area contributed by atoms with Crippen LogP contribution in [0.2, 0.25) is 0 Å². The highest BCUT2D eigenvalue weighted by Crippen LogP contribution is 2.30. The van der Waals surface area contributed by atoms with Crippen LogP contribution in [0.5, 0.6) is 0 Å². The molecule has 1 N–H and O–H groups in total. The van der Waals surface area contributed by atoms with Gasteiger partial charge in [0.25, 0.3) is 5.91 Å². The number of piperidine rings is 1. The monoisotopic (exact) mass is 436 g/mol. The predicted molar refractivity (Wildman–Crippen MR) is 112 cm³/mol. The van der Waals surface area contributed by atoms with E-state index in [1.807, 2.05) is 0 Å². The first-order chi connectivity index (χ1) is 14.3. The fourth-order valence-corrected chi connectivity index (χ4v) is 5.89. The van der Waals surface area contributed by atoms with E-state index in [1.165, 1.54) is 12.1 Å². The molecule has 1 aromatic rings. The van der Waals surface area contributed by atoms with E-state index in [1.54, 1.807) is 6.07 Å². The van der Waals surface area contributed by atoms with E-state index in [9.17, 15) is 22.4 Å². The molecule has 1 aromatic carbocycles. The van der Waals surface area contributed by atoms with Crippen molar-refractivity contribution in [1.82, 2.24) is 5.01 Å². The number of sulfone groups is 1. The molecule has 0 aromatic heterocycles. The number of carbonyl (C=O) groups excluding carboxylic acids is 2. The number of carbonyl (C=O) groups is 2. The summed E-state index contributed by atoms with van der Waals surface area (Å²) in [5.74, 6) is -1.36. The first-order valence-electron chi connectivity index (χ1n) is 10.3. The fourth-order valence-electron chi connectivity index (χ4n) is 4.20. The van der Waals surface area contributed by atoms with Crippen LogP contribution in [-0.4, -0.2) is 61.6 Å². The Hall–Kier alpha value is -2.49. The Labute approximate surface area is 175 Å². The molecule has 0 aliphatic carbocycles. The number of anilines is 2. The standard InChI is InChI=1S/C20H25FN4O4S/c21-14-4-6-18(24-9-2-1-3-10-24)17(12-14)22-20(27)16-5-7-19(26)25(23-16)15-8-11-30(28,29)13-15/h4,6,12,15H,1-3,5,7-11,13H2,(H,22,27). The summed E-state index contributed by atoms with van der Waals surface area (Å²) in [5.41, 5.74) is 1.28. The van der Waals surface area contributed by atoms with Crippen molar-refractivity contribution in [2.24, 2.45) is 5.10 Å². The molecule has 0 spiro atoms. The summed E-state index contributed by atoms with van der Waals surface area (Å²) in [5, 5.41) is 8.09. The molecule has 3 aliphatic rings. The van der Waals surface area contributed by atoms with Crippen molar-refractivity contribution >= 4 is 38.7 Å². The van der Waals surface area contributed by atoms with Crippen LogP contribution in [0.3, 0.4) is 0 Å². The third-order valence-corrected chi connectivity index (χ3v) is 7.53. The van der Waals surface area contributed by atoms with E-state index in [0.717, 1.165) is 43.0 Å². The molecule has 10 heteroatoms. The lowest BCUT2D eigenvalue weighted by molar-refractivity contribution is -0.133. The zero-order valence-electron chi connectivity index (χ0n) is 16.6. The third-order valence-electron chi connectivity index (χ3n) is 5.78. The molecule has 0 bridgehead atoms. The van der Waals surface area contributed by atoms with Gasteiger partial charge in [-0.25, -0.2) is 17.8 Å². The van der Waals surface area contributed by atoms with Gasteiger partial charge in [-0.05, 0) is 43.9 Å². The number of halogens is 1. The van der Waals surface area contributed by atoms with Gasteiger partial charge in [0.15, 0.2) is 9.84 Å². The highest BCUT2D eigenvalue weighted by molar-refractivity contribution is 7.91. The van der Waals surface area contributed by atoms with Gasteiger partial charge in [-0.15, -0.1) is 0 Å². The van der Waals surface area contributed by atoms with Crippen LogP contribution in [0.1, 0.15) is 38.5 Å². The normalized spacial score (nSPS) is 24.0. The molecule has 2 saturated heterocycles. The lowest BCUT2D eigenvalue weighted by Gasteiger charge is -2.31. The van der Waals surface area contributed by atoms with Gasteiger partial charge in [0.2, 0.25) is 5.91 Å². The Morgan fingerprint density at radius 3 is 2.63 bits per heavy atom. The summed E-state index contributed by atoms with van der Waals surface area (Å²) in [7, 11) is -3.19. The number of rotatable bonds is 4. The number of hydrogen-bond donors (Lipinski definition) is 1. The molecule has 2 amide bonds. The van der Waals surface area contributed by atoms with Gasteiger partial charge in [0, 0.05) is 25.9 Å². The number of hydrogen-bond acceptors (Lipinski definition) is 6. The first kappa shape index (κ1) is 20.8. The number of benzene rings is 1. The molecule has 0 saturated carbocycles. The van der Waals surface area contributed by atoms with Crippen LogP contribution in [0, 0.1) is 5.82 Å². The van der Waals surface area contributed by atoms with E-state index in [2.05, 4.69) is 15.3 Å². The van der Waals surface area contributed by atoms with E-state index < -0.39 is 27.6 Å². The molecule has 3 aliphatic heterocycles. The van der Waals surface area contributed by atoms with Crippen molar-refractivity contribution in [3.8, 4) is 0 Å². The van der Waals surface area contributed by atoms with Crippen molar-refractivity contribution in [3.05, 3.63) is 24.0 Å². The van der Waals surface area contributed by atoms with E-state index in [4.69, 9.17) is 0 Å². The van der Waals surface area contributed by atoms with Crippen molar-refractivity contribution in [2.75, 3.05) is 34.8 Å². The number of hydrazone groups is 1. The molecule has 3 heterocycles. The maximum absolute atomic E-state index is 13.9. The first-order valence-corrected chi connectivity index (χ1v) is 12.1. The number of nitrogens with one attached hydrogen (secondary N) is 1. The second-order valence-electron chi connectivity index (χ2n) is 8.01. The third kappa shape index (κ3) is 4.48. The minimum atomic E-state index is -3.19. The van der Waals surface area contributed by atoms with Gasteiger partial charge in [0.05, 0.1) is 28.9 Å². The Kier molecular flexibility index (Phi) is 5.77. The van der Waals surface area contributed by atoms with Crippen LogP contribution in [0.4, 0.5) is 15.8 Å². The SMILES string of the molecule is O=C(Nc1cc(F)ccc1N1CCCCC1)C1=NN(C2CCS(=O)(=O)C2)C(=O)CC1. The van der Waals surface area contributed by atoms with Gasteiger partial charge in [0.1, 0.15) is 11.5 Å². The Balaban J connectivity index is 1.54. The van der Waals surface area contributed by atoms with Gasteiger partial charge >= 0.3 is 0 Å². The summed E-state index contributed by atoms with van der Waals surface area (Å²) in [4.78, 5) is 27.3. The van der Waals surface area contributed by atoms with Crippen LogP contribution >= 0.6 is 0 Å². The minimum absolute atomic E-state index is 0.0149. The van der Waals surface area contributed by atoms with Crippen LogP contribution in [0.25, 0.3) is 0 Å². The van der Waals surface area contributed by atoms with Crippen molar-refractivity contribution < 1.29 is 22.4 Å². The van der Waals surface area contributed by atoms with Gasteiger partial charge in [-0.3, -0.25) is 9.59 Å². The van der Waals surface area contributed by atoms with Crippen LogP contribution in [-0.2, 0) is 19.4 Å². The zero-order chi connectivity index (χ0) is 21.3. The fraction of sp³-hybridized carbons (Fsp3) is 0.550. The largest absolute Gasteiger partial charge is 0.370 e. The smallest absolute Gasteiger partial charge is 0.271 e. The van der Waals surface area contributed by atoms with Gasteiger partial charge in [-0.1, -0.05) is 0 Å². The van der Waals surface area contributed by atoms with Crippen LogP contribution < -0.4 is 10.2 Å². The summed E-state index contributed by atoms with van der Waals surface area (Å²) in [6.07, 6.45) is 3.80. The molecule has 2 fully saturated rings. The van der Waals surface area contributed by atoms with Gasteiger partial charge < -0.3 is 10.2 Å². The van der Waals surface area contributed by atoms with E-state index >= 15 is 0 Å². The molecule has 8 nitrogen and oxygen atoms in total. The Morgan fingerprint density at radius 1 is 1.17 bits per heavy atom. The van der Waals surface area contributed by atoms with E-state index in [0.29, 0.717) is 12.1 Å². The summed E-state index contributed by atoms with van der Waals surface area (Å²) in [6.45, 7) is 1.68. The predicted octanol–water partition coefficient (Wildman–Crippen LogP) is 1.92. The number of amides is 2. The molecule has 0 radical (unpaired) electrons. The lowest BCUT2D eigenvalue weighted by atomic mass is 10.1. The second-order valence-corrected chi connectivity index (χ2v) is 10.2. The summed E-state index contributed by atoms with van der Waals surface area (Å²) < 4.78 is 37.4. The topological polar surface area (TPSA) is 99.2 Å². The highest BCUT2D eigenvalue weighted by Gasteiger charge is 2.37. The van der Waals surface area contributed by atoms with Crippen LogP contribution in [0.15, 0.2) is 23.3 Å². The van der Waals surface area contributed by atoms with Crippen molar-refractivity contribution in [1.29, 1.82) is 0 Å². The maximum Gasteiger partial charge on any atom is 0.271 e. The highest BCUT2D eigenvalue weighted by atomic mass is 32.2. The Bertz CT molecular complexity index is 989. The van der Waals surface area contributed by atoms with Crippen molar-refractivity contribution in [3.63, 3.8) is 0 Å². The molecule has 1 atom stereocenters. The average molecular weight is 437 g/mol. The second kappa shape index (κ2) is 8.33. The summed E-state index contributed by atoms with van der Waals surface area (Å²) >= 11 is 0. The van der Waals surface area contributed by atoms with E-state index in [-0.39, 0.29) is 36.0 Å². The molecule has 30 heavy (non-hydrogen) atoms. The minimum Gasteiger partial charge on any atom is -0.370 e. The molecule has 162 valence electrons. The Morgan fingerprint density at radius 2 is 1.93 bits per heavy atom. The molecular weight excluding hydrogens is 411 g/mol. The summed E-state index contributed by atoms with van der Waals surface area (Å²) in [6, 6.07) is 3.79. The molecular formula is C20H25FN4O4S. The lowest BCUT2D eigenvalue weighted by Crippen LogP contribution is -2.42. The average Bonchev–Trinajstić information content (AvgIpc) is 3.08. The maximum atomic E-state index is 13.9. The molecule has 4 rings (SSSR count). The van der Waals surface area contributed by atoms with Gasteiger partial charge in [-0.2, -0.15) is 5.10 Å².